The molecule has 0 spiro atoms. The number of aromatic nitrogens is 4. The van der Waals surface area contributed by atoms with Crippen LogP contribution in [0.2, 0.25) is 0 Å². The topological polar surface area (TPSA) is 142 Å². The molecule has 2 aromatic heterocycles. The highest BCUT2D eigenvalue weighted by molar-refractivity contribution is 7.92. The van der Waals surface area contributed by atoms with Crippen LogP contribution in [0.15, 0.2) is 36.9 Å². The number of nitrogens with zero attached hydrogens (tertiary/aromatic N) is 5. The second kappa shape index (κ2) is 8.98. The molecule has 1 amide bonds. The van der Waals surface area contributed by atoms with E-state index in [-0.39, 0.29) is 36.2 Å². The van der Waals surface area contributed by atoms with Gasteiger partial charge < -0.3 is 16.0 Å². The van der Waals surface area contributed by atoms with Crippen LogP contribution in [0.5, 0.6) is 0 Å². The summed E-state index contributed by atoms with van der Waals surface area (Å²) < 4.78 is 65.6. The van der Waals surface area contributed by atoms with E-state index in [4.69, 9.17) is 0 Å². The Hall–Kier alpha value is -4.01. The van der Waals surface area contributed by atoms with Gasteiger partial charge in [0.2, 0.25) is 21.9 Å². The summed E-state index contributed by atoms with van der Waals surface area (Å²) in [5.74, 6) is -0.894. The summed E-state index contributed by atoms with van der Waals surface area (Å²) in [4.78, 5) is 27.3. The van der Waals surface area contributed by atoms with Crippen LogP contribution in [0.1, 0.15) is 16.8 Å². The number of para-hydroxylation sites is 1. The minimum Gasteiger partial charge on any atom is -0.364 e. The maximum absolute atomic E-state index is 13.6. The molecule has 4 rings (SSSR count). The lowest BCUT2D eigenvalue weighted by atomic mass is 10.1. The van der Waals surface area contributed by atoms with E-state index in [2.05, 4.69) is 35.9 Å². The van der Waals surface area contributed by atoms with Gasteiger partial charge in [-0.05, 0) is 11.6 Å². The van der Waals surface area contributed by atoms with Gasteiger partial charge in [0.1, 0.15) is 17.7 Å². The van der Waals surface area contributed by atoms with Crippen LogP contribution in [0.4, 0.5) is 42.0 Å². The van der Waals surface area contributed by atoms with E-state index in [0.717, 1.165) is 22.5 Å². The number of carbonyl (C=O) groups is 1. The van der Waals surface area contributed by atoms with Crippen LogP contribution < -0.4 is 20.3 Å². The average Bonchev–Trinajstić information content (AvgIpc) is 3.17. The highest BCUT2D eigenvalue weighted by Crippen LogP contribution is 2.36. The second-order valence-corrected chi connectivity index (χ2v) is 9.60. The quantitative estimate of drug-likeness (QED) is 0.439. The van der Waals surface area contributed by atoms with E-state index in [9.17, 15) is 26.4 Å². The summed E-state index contributed by atoms with van der Waals surface area (Å²) in [5.41, 5.74) is 0.770. The number of anilines is 5. The molecule has 0 aliphatic carbocycles. The molecule has 11 nitrogen and oxygen atoms in total. The van der Waals surface area contributed by atoms with Crippen molar-refractivity contribution < 1.29 is 26.4 Å². The third kappa shape index (κ3) is 5.24. The number of alkyl halides is 3. The molecular formula is C20H19F3N8O3S. The molecule has 1 aromatic carbocycles. The third-order valence-electron chi connectivity index (χ3n) is 5.14. The summed E-state index contributed by atoms with van der Waals surface area (Å²) in [6, 6.07) is 5.08. The molecule has 0 fully saturated rings. The molecule has 1 aliphatic rings. The number of fused-ring (bicyclic) bond motifs is 1. The molecular weight excluding hydrogens is 489 g/mol. The first-order valence-electron chi connectivity index (χ1n) is 10.0. The molecule has 184 valence electrons. The monoisotopic (exact) mass is 508 g/mol. The Labute approximate surface area is 197 Å². The Morgan fingerprint density at radius 1 is 1.20 bits per heavy atom. The van der Waals surface area contributed by atoms with Crippen molar-refractivity contribution in [3.05, 3.63) is 53.7 Å². The summed E-state index contributed by atoms with van der Waals surface area (Å²) in [6.45, 7) is -0.284. The van der Waals surface area contributed by atoms with Gasteiger partial charge in [-0.2, -0.15) is 18.2 Å². The minimum absolute atomic E-state index is 0.0963. The first kappa shape index (κ1) is 24.1. The normalized spacial score (nSPS) is 13.2. The lowest BCUT2D eigenvalue weighted by Gasteiger charge is -2.20. The largest absolute Gasteiger partial charge is 0.421 e. The molecule has 3 heterocycles. The molecule has 15 heteroatoms. The van der Waals surface area contributed by atoms with Crippen LogP contribution >= 0.6 is 0 Å². The van der Waals surface area contributed by atoms with Crippen LogP contribution in [-0.4, -0.2) is 47.6 Å². The summed E-state index contributed by atoms with van der Waals surface area (Å²) >= 11 is 0. The Bertz CT molecular complexity index is 1400. The van der Waals surface area contributed by atoms with E-state index < -0.39 is 27.6 Å². The Balaban J connectivity index is 1.64. The number of amides is 1. The van der Waals surface area contributed by atoms with Gasteiger partial charge >= 0.3 is 6.18 Å². The average molecular weight is 508 g/mol. The number of hydrogen-bond donors (Lipinski definition) is 3. The van der Waals surface area contributed by atoms with Gasteiger partial charge in [0.25, 0.3) is 0 Å². The molecule has 1 aliphatic heterocycles. The first-order valence-corrected chi connectivity index (χ1v) is 11.9. The zero-order valence-corrected chi connectivity index (χ0v) is 19.2. The Morgan fingerprint density at radius 2 is 1.97 bits per heavy atom. The third-order valence-corrected chi connectivity index (χ3v) is 6.33. The smallest absolute Gasteiger partial charge is 0.364 e. The summed E-state index contributed by atoms with van der Waals surface area (Å²) in [7, 11) is -2.38. The molecule has 3 N–H and O–H groups in total. The Kier molecular flexibility index (Phi) is 6.19. The standard InChI is InChI=1S/C20H19F3N8O3S/c1-31(35(2,33)34)15-9-24-10-27-14(15)8-25-18-12(20(21,22)23)7-26-19(30-18)28-13-5-3-4-11-6-16(32)29-17(11)13/h3-5,7,9-10H,6,8H2,1-2H3,(H,29,32)(H2,25,26,28,30). The van der Waals surface area contributed by atoms with Crippen LogP contribution in [0.25, 0.3) is 0 Å². The van der Waals surface area contributed by atoms with Crippen molar-refractivity contribution in [2.45, 2.75) is 19.1 Å². The van der Waals surface area contributed by atoms with Gasteiger partial charge in [0.15, 0.2) is 0 Å². The fourth-order valence-electron chi connectivity index (χ4n) is 3.35. The van der Waals surface area contributed by atoms with E-state index in [1.54, 1.807) is 18.2 Å². The zero-order valence-electron chi connectivity index (χ0n) is 18.4. The van der Waals surface area contributed by atoms with Gasteiger partial charge in [-0.15, -0.1) is 0 Å². The lowest BCUT2D eigenvalue weighted by Crippen LogP contribution is -2.27. The molecule has 3 aromatic rings. The molecule has 0 saturated heterocycles. The maximum Gasteiger partial charge on any atom is 0.421 e. The van der Waals surface area contributed by atoms with Crippen molar-refractivity contribution in [2.75, 3.05) is 33.6 Å². The maximum atomic E-state index is 13.6. The lowest BCUT2D eigenvalue weighted by molar-refractivity contribution is -0.137. The van der Waals surface area contributed by atoms with E-state index in [1.165, 1.54) is 13.2 Å². The molecule has 35 heavy (non-hydrogen) atoms. The van der Waals surface area contributed by atoms with Gasteiger partial charge in [-0.25, -0.2) is 23.4 Å². The summed E-state index contributed by atoms with van der Waals surface area (Å²) in [5, 5.41) is 8.10. The first-order chi connectivity index (χ1) is 16.4. The molecule has 0 bridgehead atoms. The van der Waals surface area contributed by atoms with Crippen LogP contribution in [-0.2, 0) is 34.0 Å². The van der Waals surface area contributed by atoms with Gasteiger partial charge in [-0.3, -0.25) is 9.10 Å². The van der Waals surface area contributed by atoms with Gasteiger partial charge in [-0.1, -0.05) is 12.1 Å². The van der Waals surface area contributed by atoms with E-state index >= 15 is 0 Å². The van der Waals surface area contributed by atoms with E-state index in [0.29, 0.717) is 17.6 Å². The fraction of sp³-hybridized carbons (Fsp3) is 0.250. The molecule has 0 unspecified atom stereocenters. The van der Waals surface area contributed by atoms with Crippen molar-refractivity contribution in [3.8, 4) is 0 Å². The Morgan fingerprint density at radius 3 is 2.69 bits per heavy atom. The second-order valence-electron chi connectivity index (χ2n) is 7.58. The number of halogens is 3. The highest BCUT2D eigenvalue weighted by Gasteiger charge is 2.35. The van der Waals surface area contributed by atoms with E-state index in [1.807, 2.05) is 0 Å². The molecule has 0 radical (unpaired) electrons. The van der Waals surface area contributed by atoms with Crippen molar-refractivity contribution in [3.63, 3.8) is 0 Å². The number of carbonyl (C=O) groups excluding carboxylic acids is 1. The number of benzene rings is 1. The zero-order chi connectivity index (χ0) is 25.4. The van der Waals surface area contributed by atoms with Crippen molar-refractivity contribution in [2.24, 2.45) is 0 Å². The van der Waals surface area contributed by atoms with Gasteiger partial charge in [0.05, 0.1) is 48.2 Å². The number of sulfonamides is 1. The number of nitrogens with one attached hydrogen (secondary N) is 3. The van der Waals surface area contributed by atoms with Crippen molar-refractivity contribution in [1.82, 2.24) is 19.9 Å². The number of hydrogen-bond acceptors (Lipinski definition) is 9. The van der Waals surface area contributed by atoms with Crippen LogP contribution in [0, 0.1) is 0 Å². The van der Waals surface area contributed by atoms with Gasteiger partial charge in [0, 0.05) is 13.2 Å². The van der Waals surface area contributed by atoms with Crippen LogP contribution in [0.3, 0.4) is 0 Å². The van der Waals surface area contributed by atoms with Crippen molar-refractivity contribution in [1.29, 1.82) is 0 Å². The van der Waals surface area contributed by atoms with Crippen molar-refractivity contribution >= 4 is 44.8 Å². The highest BCUT2D eigenvalue weighted by atomic mass is 32.2. The number of rotatable bonds is 7. The predicted molar refractivity (Wildman–Crippen MR) is 122 cm³/mol. The molecule has 0 saturated carbocycles. The minimum atomic E-state index is -4.76. The summed E-state index contributed by atoms with van der Waals surface area (Å²) in [6.07, 6.45) is -0.575. The predicted octanol–water partition coefficient (Wildman–Crippen LogP) is 2.53. The molecule has 0 atom stereocenters. The fourth-order valence-corrected chi connectivity index (χ4v) is 3.86. The SMILES string of the molecule is CN(c1cncnc1CNc1nc(Nc2cccc3c2NC(=O)C3)ncc1C(F)(F)F)S(C)(=O)=O.